The minimum absolute atomic E-state index is 0.186. The smallest absolute Gasteiger partial charge is 0.126 e. The van der Waals surface area contributed by atoms with Gasteiger partial charge in [0.15, 0.2) is 0 Å². The summed E-state index contributed by atoms with van der Waals surface area (Å²) in [5, 5.41) is 10.4. The molecule has 2 heterocycles. The molecule has 3 nitrogen and oxygen atoms in total. The number of hydrogen-bond donors (Lipinski definition) is 1. The highest BCUT2D eigenvalue weighted by Gasteiger charge is 2.42. The van der Waals surface area contributed by atoms with Gasteiger partial charge in [-0.2, -0.15) is 0 Å². The lowest BCUT2D eigenvalue weighted by atomic mass is 9.82. The summed E-state index contributed by atoms with van der Waals surface area (Å²) in [6.45, 7) is 4.09. The van der Waals surface area contributed by atoms with E-state index in [2.05, 4.69) is 18.0 Å². The molecule has 0 saturated carbocycles. The highest BCUT2D eigenvalue weighted by molar-refractivity contribution is 5.41. The number of ether oxygens (including phenoxy) is 1. The van der Waals surface area contributed by atoms with Crippen LogP contribution in [-0.4, -0.2) is 35.7 Å². The molecule has 1 aromatic carbocycles. The molecule has 1 aromatic rings. The molecule has 0 amide bonds. The van der Waals surface area contributed by atoms with E-state index >= 15 is 0 Å². The van der Waals surface area contributed by atoms with Gasteiger partial charge in [-0.3, -0.25) is 0 Å². The normalized spacial score (nSPS) is 32.1. The first-order chi connectivity index (χ1) is 8.58. The zero-order valence-electron chi connectivity index (χ0n) is 11.1. The van der Waals surface area contributed by atoms with Crippen molar-refractivity contribution in [3.63, 3.8) is 0 Å². The van der Waals surface area contributed by atoms with Crippen LogP contribution in [0.3, 0.4) is 0 Å². The standard InChI is InChI=1S/C15H21NO2/c1-11-4-5-14-12(8-11)13(17)9-15(18-14)6-3-7-16(2)10-15/h4-5,8,13,17H,3,6-7,9-10H2,1-2H3/t13-,15?/m0/s1. The fourth-order valence-electron chi connectivity index (χ4n) is 3.33. The van der Waals surface area contributed by atoms with Crippen molar-refractivity contribution < 1.29 is 9.84 Å². The molecular formula is C15H21NO2. The Balaban J connectivity index is 1.93. The second kappa shape index (κ2) is 4.25. The quantitative estimate of drug-likeness (QED) is 0.763. The van der Waals surface area contributed by atoms with Crippen molar-refractivity contribution in [1.29, 1.82) is 0 Å². The SMILES string of the molecule is Cc1ccc2c(c1)[C@@H](O)CC1(CCCN(C)C1)O2. The van der Waals surface area contributed by atoms with Crippen LogP contribution in [0.5, 0.6) is 5.75 Å². The van der Waals surface area contributed by atoms with E-state index in [0.717, 1.165) is 37.2 Å². The molecule has 1 saturated heterocycles. The van der Waals surface area contributed by atoms with E-state index in [-0.39, 0.29) is 11.7 Å². The maximum Gasteiger partial charge on any atom is 0.126 e. The third-order valence-electron chi connectivity index (χ3n) is 4.15. The van der Waals surface area contributed by atoms with E-state index in [9.17, 15) is 5.11 Å². The first-order valence-corrected chi connectivity index (χ1v) is 6.74. The van der Waals surface area contributed by atoms with Gasteiger partial charge in [0, 0.05) is 18.5 Å². The Kier molecular flexibility index (Phi) is 2.83. The van der Waals surface area contributed by atoms with Gasteiger partial charge in [-0.05, 0) is 45.5 Å². The van der Waals surface area contributed by atoms with Gasteiger partial charge in [0.05, 0.1) is 6.10 Å². The summed E-state index contributed by atoms with van der Waals surface area (Å²) in [6.07, 6.45) is 2.51. The van der Waals surface area contributed by atoms with Gasteiger partial charge in [0.2, 0.25) is 0 Å². The average molecular weight is 247 g/mol. The number of likely N-dealkylation sites (N-methyl/N-ethyl adjacent to an activating group) is 1. The number of hydrogen-bond acceptors (Lipinski definition) is 3. The van der Waals surface area contributed by atoms with Crippen LogP contribution >= 0.6 is 0 Å². The van der Waals surface area contributed by atoms with Crippen molar-refractivity contribution in [1.82, 2.24) is 4.90 Å². The van der Waals surface area contributed by atoms with Crippen molar-refractivity contribution in [2.75, 3.05) is 20.1 Å². The minimum atomic E-state index is -0.389. The molecule has 3 rings (SSSR count). The van der Waals surface area contributed by atoms with Gasteiger partial charge < -0.3 is 14.7 Å². The van der Waals surface area contributed by atoms with Crippen LogP contribution in [-0.2, 0) is 0 Å². The van der Waals surface area contributed by atoms with E-state index in [0.29, 0.717) is 6.42 Å². The van der Waals surface area contributed by atoms with Crippen LogP contribution in [0.2, 0.25) is 0 Å². The number of aliphatic hydroxyl groups is 1. The van der Waals surface area contributed by atoms with Crippen molar-refractivity contribution in [3.05, 3.63) is 29.3 Å². The Hall–Kier alpha value is -1.06. The third-order valence-corrected chi connectivity index (χ3v) is 4.15. The summed E-state index contributed by atoms with van der Waals surface area (Å²) in [5.41, 5.74) is 1.94. The molecule has 0 aliphatic carbocycles. The summed E-state index contributed by atoms with van der Waals surface area (Å²) >= 11 is 0. The largest absolute Gasteiger partial charge is 0.485 e. The molecule has 98 valence electrons. The molecule has 0 bridgehead atoms. The fourth-order valence-corrected chi connectivity index (χ4v) is 3.33. The van der Waals surface area contributed by atoms with Gasteiger partial charge >= 0.3 is 0 Å². The lowest BCUT2D eigenvalue weighted by molar-refractivity contribution is -0.0554. The summed E-state index contributed by atoms with van der Waals surface area (Å²) in [4.78, 5) is 2.30. The summed E-state index contributed by atoms with van der Waals surface area (Å²) in [6, 6.07) is 6.10. The van der Waals surface area contributed by atoms with Gasteiger partial charge in [0.25, 0.3) is 0 Å². The van der Waals surface area contributed by atoms with Gasteiger partial charge in [-0.25, -0.2) is 0 Å². The van der Waals surface area contributed by atoms with Crippen molar-refractivity contribution in [2.24, 2.45) is 0 Å². The monoisotopic (exact) mass is 247 g/mol. The van der Waals surface area contributed by atoms with Crippen LogP contribution in [0.1, 0.15) is 36.5 Å². The van der Waals surface area contributed by atoms with E-state index < -0.39 is 0 Å². The predicted molar refractivity (Wildman–Crippen MR) is 70.8 cm³/mol. The summed E-state index contributed by atoms with van der Waals surface area (Å²) < 4.78 is 6.25. The number of fused-ring (bicyclic) bond motifs is 1. The number of piperidine rings is 1. The number of nitrogens with zero attached hydrogens (tertiary/aromatic N) is 1. The summed E-state index contributed by atoms with van der Waals surface area (Å²) in [7, 11) is 2.13. The van der Waals surface area contributed by atoms with Crippen molar-refractivity contribution >= 4 is 0 Å². The van der Waals surface area contributed by atoms with Crippen molar-refractivity contribution in [2.45, 2.75) is 37.9 Å². The Labute approximate surface area is 108 Å². The zero-order valence-corrected chi connectivity index (χ0v) is 11.1. The molecule has 2 aliphatic rings. The molecule has 1 unspecified atom stereocenters. The van der Waals surface area contributed by atoms with Gasteiger partial charge in [0.1, 0.15) is 11.4 Å². The number of aryl methyl sites for hydroxylation is 1. The molecule has 1 spiro atoms. The summed E-state index contributed by atoms with van der Waals surface area (Å²) in [5.74, 6) is 0.870. The maximum atomic E-state index is 10.4. The topological polar surface area (TPSA) is 32.7 Å². The minimum Gasteiger partial charge on any atom is -0.485 e. The Morgan fingerprint density at radius 1 is 1.44 bits per heavy atom. The second-order valence-corrected chi connectivity index (χ2v) is 5.89. The molecule has 18 heavy (non-hydrogen) atoms. The fraction of sp³-hybridized carbons (Fsp3) is 0.600. The number of aliphatic hydroxyl groups excluding tert-OH is 1. The second-order valence-electron chi connectivity index (χ2n) is 5.89. The molecule has 2 aliphatic heterocycles. The maximum absolute atomic E-state index is 10.4. The molecule has 1 fully saturated rings. The molecule has 0 radical (unpaired) electrons. The lowest BCUT2D eigenvalue weighted by Crippen LogP contribution is -2.52. The molecule has 3 heteroatoms. The van der Waals surface area contributed by atoms with Gasteiger partial charge in [-0.1, -0.05) is 11.6 Å². The molecule has 2 atom stereocenters. The van der Waals surface area contributed by atoms with E-state index in [1.807, 2.05) is 19.1 Å². The zero-order chi connectivity index (χ0) is 12.8. The van der Waals surface area contributed by atoms with E-state index in [1.54, 1.807) is 0 Å². The molecular weight excluding hydrogens is 226 g/mol. The van der Waals surface area contributed by atoms with Gasteiger partial charge in [-0.15, -0.1) is 0 Å². The highest BCUT2D eigenvalue weighted by Crippen LogP contribution is 2.43. The Bertz CT molecular complexity index is 460. The molecule has 1 N–H and O–H groups in total. The number of likely N-dealkylation sites (tertiary alicyclic amines) is 1. The third kappa shape index (κ3) is 2.02. The lowest BCUT2D eigenvalue weighted by Gasteiger charge is -2.46. The van der Waals surface area contributed by atoms with E-state index in [4.69, 9.17) is 4.74 Å². The average Bonchev–Trinajstić information content (AvgIpc) is 2.30. The van der Waals surface area contributed by atoms with Crippen LogP contribution < -0.4 is 4.74 Å². The number of benzene rings is 1. The Morgan fingerprint density at radius 3 is 3.06 bits per heavy atom. The van der Waals surface area contributed by atoms with Crippen LogP contribution in [0.4, 0.5) is 0 Å². The first kappa shape index (κ1) is 12.0. The number of rotatable bonds is 0. The highest BCUT2D eigenvalue weighted by atomic mass is 16.5. The van der Waals surface area contributed by atoms with Crippen molar-refractivity contribution in [3.8, 4) is 5.75 Å². The Morgan fingerprint density at radius 2 is 2.28 bits per heavy atom. The predicted octanol–water partition coefficient (Wildman–Crippen LogP) is 2.28. The van der Waals surface area contributed by atoms with Crippen LogP contribution in [0.25, 0.3) is 0 Å². The first-order valence-electron chi connectivity index (χ1n) is 6.74. The molecule has 0 aromatic heterocycles. The van der Waals surface area contributed by atoms with Crippen LogP contribution in [0, 0.1) is 6.92 Å². The van der Waals surface area contributed by atoms with Crippen LogP contribution in [0.15, 0.2) is 18.2 Å². The van der Waals surface area contributed by atoms with E-state index in [1.165, 1.54) is 5.56 Å².